The number of nitrogens with one attached hydrogen (secondary N) is 1. The highest BCUT2D eigenvalue weighted by atomic mass is 79.9. The number of aromatic nitrogens is 3. The minimum atomic E-state index is -0.236. The Labute approximate surface area is 123 Å². The summed E-state index contributed by atoms with van der Waals surface area (Å²) in [5.41, 5.74) is 0.595. The summed E-state index contributed by atoms with van der Waals surface area (Å²) < 4.78 is 2.86. The molecule has 0 bridgehead atoms. The van der Waals surface area contributed by atoms with Crippen LogP contribution in [-0.2, 0) is 0 Å². The summed E-state index contributed by atoms with van der Waals surface area (Å²) in [4.78, 5) is 20.1. The molecule has 0 saturated heterocycles. The van der Waals surface area contributed by atoms with E-state index in [2.05, 4.69) is 31.2 Å². The molecule has 2 aromatic rings. The molecule has 0 aromatic carbocycles. The Bertz CT molecular complexity index is 638. The highest BCUT2D eigenvalue weighted by molar-refractivity contribution is 9.10. The van der Waals surface area contributed by atoms with Crippen LogP contribution in [0.25, 0.3) is 0 Å². The predicted molar refractivity (Wildman–Crippen MR) is 75.4 cm³/mol. The monoisotopic (exact) mass is 340 g/mol. The lowest BCUT2D eigenvalue weighted by atomic mass is 10.4. The molecule has 1 saturated carbocycles. The third-order valence-electron chi connectivity index (χ3n) is 2.84. The molecule has 1 N–H and O–H groups in total. The maximum atomic E-state index is 12.2. The van der Waals surface area contributed by atoms with E-state index < -0.39 is 0 Å². The maximum absolute atomic E-state index is 12.2. The SMILES string of the molecule is O=C(Nc1nccc(Cl)n1)c1cc(Br)cn1C1CC1. The lowest BCUT2D eigenvalue weighted by molar-refractivity contribution is 0.101. The Kier molecular flexibility index (Phi) is 3.28. The van der Waals surface area contributed by atoms with Crippen molar-refractivity contribution in [3.05, 3.63) is 39.8 Å². The van der Waals surface area contributed by atoms with Crippen LogP contribution < -0.4 is 5.32 Å². The van der Waals surface area contributed by atoms with Gasteiger partial charge in [0.05, 0.1) is 0 Å². The van der Waals surface area contributed by atoms with E-state index in [0.717, 1.165) is 17.3 Å². The summed E-state index contributed by atoms with van der Waals surface area (Å²) in [6.45, 7) is 0. The van der Waals surface area contributed by atoms with Crippen LogP contribution >= 0.6 is 27.5 Å². The molecule has 1 fully saturated rings. The van der Waals surface area contributed by atoms with Gasteiger partial charge >= 0.3 is 0 Å². The molecular formula is C12H10BrClN4O. The zero-order chi connectivity index (χ0) is 13.4. The maximum Gasteiger partial charge on any atom is 0.274 e. The Morgan fingerprint density at radius 1 is 1.53 bits per heavy atom. The van der Waals surface area contributed by atoms with Crippen molar-refractivity contribution >= 4 is 39.4 Å². The van der Waals surface area contributed by atoms with Gasteiger partial charge in [-0.1, -0.05) is 11.6 Å². The molecule has 1 aliphatic rings. The van der Waals surface area contributed by atoms with Gasteiger partial charge in [0, 0.05) is 22.9 Å². The number of hydrogen-bond donors (Lipinski definition) is 1. The number of nitrogens with zero attached hydrogens (tertiary/aromatic N) is 3. The van der Waals surface area contributed by atoms with Crippen molar-refractivity contribution in [3.8, 4) is 0 Å². The molecule has 0 aliphatic heterocycles. The summed E-state index contributed by atoms with van der Waals surface area (Å²) in [5, 5.41) is 2.94. The predicted octanol–water partition coefficient (Wildman–Crippen LogP) is 3.28. The molecule has 98 valence electrons. The normalized spacial score (nSPS) is 14.4. The van der Waals surface area contributed by atoms with E-state index in [1.807, 2.05) is 10.8 Å². The van der Waals surface area contributed by atoms with Gasteiger partial charge < -0.3 is 4.57 Å². The van der Waals surface area contributed by atoms with Crippen molar-refractivity contribution < 1.29 is 4.79 Å². The highest BCUT2D eigenvalue weighted by Crippen LogP contribution is 2.37. The number of carbonyl (C=O) groups is 1. The number of carbonyl (C=O) groups excluding carboxylic acids is 1. The van der Waals surface area contributed by atoms with Gasteiger partial charge in [0.2, 0.25) is 5.95 Å². The first kappa shape index (κ1) is 12.6. The van der Waals surface area contributed by atoms with E-state index in [1.165, 1.54) is 6.20 Å². The van der Waals surface area contributed by atoms with Gasteiger partial charge in [-0.25, -0.2) is 9.97 Å². The fourth-order valence-electron chi connectivity index (χ4n) is 1.84. The number of hydrogen-bond acceptors (Lipinski definition) is 3. The molecule has 3 rings (SSSR count). The van der Waals surface area contributed by atoms with Gasteiger partial charge in [-0.3, -0.25) is 10.1 Å². The van der Waals surface area contributed by atoms with E-state index >= 15 is 0 Å². The summed E-state index contributed by atoms with van der Waals surface area (Å²) >= 11 is 9.15. The topological polar surface area (TPSA) is 59.8 Å². The first-order valence-electron chi connectivity index (χ1n) is 5.81. The van der Waals surface area contributed by atoms with Crippen LogP contribution in [0.3, 0.4) is 0 Å². The van der Waals surface area contributed by atoms with Gasteiger partial charge in [-0.05, 0) is 40.9 Å². The first-order valence-corrected chi connectivity index (χ1v) is 6.98. The molecule has 0 spiro atoms. The minimum absolute atomic E-state index is 0.206. The molecule has 2 aromatic heterocycles. The molecule has 0 atom stereocenters. The quantitative estimate of drug-likeness (QED) is 0.872. The summed E-state index contributed by atoms with van der Waals surface area (Å²) in [7, 11) is 0. The Hall–Kier alpha value is -1.40. The molecule has 7 heteroatoms. The number of rotatable bonds is 3. The third kappa shape index (κ3) is 2.79. The van der Waals surface area contributed by atoms with Crippen LogP contribution in [0.15, 0.2) is 29.0 Å². The highest BCUT2D eigenvalue weighted by Gasteiger charge is 2.27. The van der Waals surface area contributed by atoms with E-state index in [0.29, 0.717) is 16.9 Å². The lowest BCUT2D eigenvalue weighted by Crippen LogP contribution is -2.17. The minimum Gasteiger partial charge on any atom is -0.339 e. The fraction of sp³-hybridized carbons (Fsp3) is 0.250. The van der Waals surface area contributed by atoms with Crippen molar-refractivity contribution in [1.82, 2.24) is 14.5 Å². The molecule has 0 radical (unpaired) electrons. The average Bonchev–Trinajstić information content (AvgIpc) is 3.12. The van der Waals surface area contributed by atoms with Crippen LogP contribution in [0.5, 0.6) is 0 Å². The van der Waals surface area contributed by atoms with Gasteiger partial charge in [0.25, 0.3) is 5.91 Å². The van der Waals surface area contributed by atoms with Gasteiger partial charge in [0.15, 0.2) is 0 Å². The van der Waals surface area contributed by atoms with Gasteiger partial charge in [0.1, 0.15) is 10.8 Å². The Balaban J connectivity index is 1.84. The number of anilines is 1. The van der Waals surface area contributed by atoms with Crippen LogP contribution in [0, 0.1) is 0 Å². The van der Waals surface area contributed by atoms with Crippen molar-refractivity contribution in [2.45, 2.75) is 18.9 Å². The molecule has 0 unspecified atom stereocenters. The van der Waals surface area contributed by atoms with Crippen molar-refractivity contribution in [1.29, 1.82) is 0 Å². The second kappa shape index (κ2) is 4.94. The van der Waals surface area contributed by atoms with Crippen molar-refractivity contribution in [3.63, 3.8) is 0 Å². The smallest absolute Gasteiger partial charge is 0.274 e. The van der Waals surface area contributed by atoms with E-state index in [9.17, 15) is 4.79 Å². The van der Waals surface area contributed by atoms with Crippen LogP contribution in [0.2, 0.25) is 5.15 Å². The van der Waals surface area contributed by atoms with Crippen LogP contribution in [0.4, 0.5) is 5.95 Å². The fourth-order valence-corrected chi connectivity index (χ4v) is 2.42. The Morgan fingerprint density at radius 2 is 2.32 bits per heavy atom. The molecular weight excluding hydrogens is 332 g/mol. The van der Waals surface area contributed by atoms with Crippen LogP contribution in [-0.4, -0.2) is 20.4 Å². The zero-order valence-electron chi connectivity index (χ0n) is 9.81. The largest absolute Gasteiger partial charge is 0.339 e. The van der Waals surface area contributed by atoms with Crippen molar-refractivity contribution in [2.24, 2.45) is 0 Å². The van der Waals surface area contributed by atoms with Gasteiger partial charge in [-0.2, -0.15) is 0 Å². The average molecular weight is 342 g/mol. The molecule has 5 nitrogen and oxygen atoms in total. The molecule has 1 aliphatic carbocycles. The summed E-state index contributed by atoms with van der Waals surface area (Å²) in [6, 6.07) is 3.77. The molecule has 1 amide bonds. The first-order chi connectivity index (χ1) is 9.13. The van der Waals surface area contributed by atoms with Crippen LogP contribution in [0.1, 0.15) is 29.4 Å². The summed E-state index contributed by atoms with van der Waals surface area (Å²) in [5.74, 6) is -0.0305. The molecule has 2 heterocycles. The van der Waals surface area contributed by atoms with E-state index in [1.54, 1.807) is 12.1 Å². The standard InChI is InChI=1S/C12H10BrClN4O/c13-7-5-9(18(6-7)8-1-2-8)11(19)17-12-15-4-3-10(14)16-12/h3-6,8H,1-2H2,(H,15,16,17,19). The second-order valence-corrected chi connectivity index (χ2v) is 5.64. The third-order valence-corrected chi connectivity index (χ3v) is 3.48. The van der Waals surface area contributed by atoms with E-state index in [-0.39, 0.29) is 11.9 Å². The van der Waals surface area contributed by atoms with Crippen molar-refractivity contribution in [2.75, 3.05) is 5.32 Å². The molecule has 19 heavy (non-hydrogen) atoms. The second-order valence-electron chi connectivity index (χ2n) is 4.34. The lowest BCUT2D eigenvalue weighted by Gasteiger charge is -2.07. The number of halogens is 2. The Morgan fingerprint density at radius 3 is 3.00 bits per heavy atom. The van der Waals surface area contributed by atoms with E-state index in [4.69, 9.17) is 11.6 Å². The zero-order valence-corrected chi connectivity index (χ0v) is 12.1. The number of amides is 1. The van der Waals surface area contributed by atoms with Gasteiger partial charge in [-0.15, -0.1) is 0 Å². The summed E-state index contributed by atoms with van der Waals surface area (Å²) in [6.07, 6.45) is 5.64.